The lowest BCUT2D eigenvalue weighted by molar-refractivity contribution is 0.0691. The number of pyridine rings is 1. The molecular formula is C15H11ClN2O2S. The third-order valence-electron chi connectivity index (χ3n) is 2.80. The van der Waals surface area contributed by atoms with Gasteiger partial charge >= 0.3 is 5.97 Å². The van der Waals surface area contributed by atoms with E-state index < -0.39 is 5.97 Å². The van der Waals surface area contributed by atoms with Gasteiger partial charge in [-0.15, -0.1) is 0 Å². The van der Waals surface area contributed by atoms with Gasteiger partial charge in [0.25, 0.3) is 0 Å². The van der Waals surface area contributed by atoms with Gasteiger partial charge < -0.3 is 5.11 Å². The molecule has 0 fully saturated rings. The summed E-state index contributed by atoms with van der Waals surface area (Å²) in [5, 5.41) is 18.9. The average molecular weight is 319 g/mol. The van der Waals surface area contributed by atoms with E-state index in [2.05, 4.69) is 4.98 Å². The number of nitriles is 1. The van der Waals surface area contributed by atoms with Crippen molar-refractivity contribution in [3.05, 3.63) is 51.7 Å². The van der Waals surface area contributed by atoms with Crippen LogP contribution in [0.3, 0.4) is 0 Å². The number of aryl methyl sites for hydroxylation is 2. The first-order chi connectivity index (χ1) is 9.92. The lowest BCUT2D eigenvalue weighted by atomic mass is 10.1. The highest BCUT2D eigenvalue weighted by Gasteiger charge is 2.17. The number of halogens is 1. The van der Waals surface area contributed by atoms with Crippen molar-refractivity contribution in [2.24, 2.45) is 0 Å². The van der Waals surface area contributed by atoms with E-state index in [1.54, 1.807) is 31.2 Å². The molecule has 0 bridgehead atoms. The van der Waals surface area contributed by atoms with E-state index in [0.717, 1.165) is 10.6 Å². The molecule has 0 saturated heterocycles. The summed E-state index contributed by atoms with van der Waals surface area (Å²) in [6.07, 6.45) is 0. The lowest BCUT2D eigenvalue weighted by Gasteiger charge is -2.09. The number of aromatic carboxylic acids is 1. The molecule has 21 heavy (non-hydrogen) atoms. The Bertz CT molecular complexity index is 769. The predicted octanol–water partition coefficient (Wildman–Crippen LogP) is 4.07. The zero-order valence-corrected chi connectivity index (χ0v) is 12.9. The summed E-state index contributed by atoms with van der Waals surface area (Å²) in [5.74, 6) is -1.01. The number of carboxylic acid groups (broad SMARTS) is 1. The van der Waals surface area contributed by atoms with Crippen molar-refractivity contribution >= 4 is 29.3 Å². The van der Waals surface area contributed by atoms with Crippen LogP contribution in [0.4, 0.5) is 0 Å². The molecule has 0 aliphatic heterocycles. The Balaban J connectivity index is 2.47. The highest BCUT2D eigenvalue weighted by atomic mass is 35.5. The van der Waals surface area contributed by atoms with Crippen molar-refractivity contribution in [2.45, 2.75) is 23.8 Å². The molecule has 0 aliphatic carbocycles. The zero-order valence-electron chi connectivity index (χ0n) is 11.3. The third kappa shape index (κ3) is 3.35. The minimum atomic E-state index is -1.01. The van der Waals surface area contributed by atoms with Gasteiger partial charge in [0.1, 0.15) is 11.1 Å². The van der Waals surface area contributed by atoms with Crippen LogP contribution in [0.2, 0.25) is 5.02 Å². The third-order valence-corrected chi connectivity index (χ3v) is 4.09. The summed E-state index contributed by atoms with van der Waals surface area (Å²) < 4.78 is 0. The molecule has 0 atom stereocenters. The average Bonchev–Trinajstić information content (AvgIpc) is 2.37. The molecule has 1 aromatic heterocycles. The van der Waals surface area contributed by atoms with Crippen LogP contribution in [0, 0.1) is 25.2 Å². The highest BCUT2D eigenvalue weighted by molar-refractivity contribution is 7.99. The van der Waals surface area contributed by atoms with Crippen molar-refractivity contribution < 1.29 is 9.90 Å². The second-order valence-corrected chi connectivity index (χ2v) is 5.89. The van der Waals surface area contributed by atoms with Crippen molar-refractivity contribution in [3.8, 4) is 6.07 Å². The van der Waals surface area contributed by atoms with Gasteiger partial charge in [-0.05, 0) is 43.7 Å². The standard InChI is InChI=1S/C15H11ClN2O2S/c1-8-5-9(2)18-14(13(8)15(19)20)21-11-4-3-10(7-17)12(16)6-11/h3-6H,1-2H3,(H,19,20). The maximum Gasteiger partial charge on any atom is 0.338 e. The number of rotatable bonds is 3. The van der Waals surface area contributed by atoms with E-state index in [-0.39, 0.29) is 5.56 Å². The second-order valence-electron chi connectivity index (χ2n) is 4.42. The molecule has 0 saturated carbocycles. The number of carboxylic acids is 1. The van der Waals surface area contributed by atoms with Crippen molar-refractivity contribution in [1.82, 2.24) is 4.98 Å². The van der Waals surface area contributed by atoms with Crippen LogP contribution in [0.15, 0.2) is 34.2 Å². The first kappa shape index (κ1) is 15.4. The topological polar surface area (TPSA) is 74.0 Å². The molecule has 0 unspecified atom stereocenters. The molecule has 0 radical (unpaired) electrons. The first-order valence-corrected chi connectivity index (χ1v) is 7.21. The summed E-state index contributed by atoms with van der Waals surface area (Å²) >= 11 is 7.21. The summed E-state index contributed by atoms with van der Waals surface area (Å²) in [6, 6.07) is 8.68. The van der Waals surface area contributed by atoms with E-state index in [9.17, 15) is 9.90 Å². The van der Waals surface area contributed by atoms with Crippen LogP contribution in [-0.4, -0.2) is 16.1 Å². The lowest BCUT2D eigenvalue weighted by Crippen LogP contribution is -2.05. The fraction of sp³-hybridized carbons (Fsp3) is 0.133. The Labute approximate surface area is 131 Å². The maximum atomic E-state index is 11.4. The fourth-order valence-electron chi connectivity index (χ4n) is 1.90. The fourth-order valence-corrected chi connectivity index (χ4v) is 3.26. The minimum Gasteiger partial charge on any atom is -0.478 e. The van der Waals surface area contributed by atoms with Crippen LogP contribution in [0.1, 0.15) is 27.2 Å². The molecule has 1 aromatic carbocycles. The highest BCUT2D eigenvalue weighted by Crippen LogP contribution is 2.33. The SMILES string of the molecule is Cc1cc(C)c(C(=O)O)c(Sc2ccc(C#N)c(Cl)c2)n1. The molecule has 0 amide bonds. The van der Waals surface area contributed by atoms with Crippen LogP contribution in [-0.2, 0) is 0 Å². The van der Waals surface area contributed by atoms with E-state index in [1.807, 2.05) is 13.0 Å². The Hall–Kier alpha value is -2.03. The maximum absolute atomic E-state index is 11.4. The van der Waals surface area contributed by atoms with Crippen LogP contribution in [0.5, 0.6) is 0 Å². The monoisotopic (exact) mass is 318 g/mol. The molecule has 0 aliphatic rings. The molecule has 4 nitrogen and oxygen atoms in total. The first-order valence-electron chi connectivity index (χ1n) is 6.01. The molecule has 1 N–H and O–H groups in total. The molecular weight excluding hydrogens is 308 g/mol. The number of benzene rings is 1. The largest absolute Gasteiger partial charge is 0.478 e. The van der Waals surface area contributed by atoms with Gasteiger partial charge in [0.2, 0.25) is 0 Å². The Kier molecular flexibility index (Phi) is 4.51. The van der Waals surface area contributed by atoms with E-state index in [4.69, 9.17) is 16.9 Å². The normalized spacial score (nSPS) is 10.2. The number of hydrogen-bond acceptors (Lipinski definition) is 4. The van der Waals surface area contributed by atoms with Crippen LogP contribution < -0.4 is 0 Å². The predicted molar refractivity (Wildman–Crippen MR) is 81.0 cm³/mol. The van der Waals surface area contributed by atoms with Crippen molar-refractivity contribution in [1.29, 1.82) is 5.26 Å². The smallest absolute Gasteiger partial charge is 0.338 e. The summed E-state index contributed by atoms with van der Waals surface area (Å²) in [4.78, 5) is 16.4. The molecule has 1 heterocycles. The Morgan fingerprint density at radius 1 is 1.38 bits per heavy atom. The number of hydrogen-bond donors (Lipinski definition) is 1. The van der Waals surface area contributed by atoms with Crippen LogP contribution >= 0.6 is 23.4 Å². The number of carbonyl (C=O) groups is 1. The molecule has 0 spiro atoms. The second kappa shape index (κ2) is 6.17. The summed E-state index contributed by atoms with van der Waals surface area (Å²) in [6.45, 7) is 3.56. The van der Waals surface area contributed by atoms with Gasteiger partial charge in [-0.3, -0.25) is 0 Å². The summed E-state index contributed by atoms with van der Waals surface area (Å²) in [5.41, 5.74) is 1.98. The molecule has 106 valence electrons. The minimum absolute atomic E-state index is 0.186. The Morgan fingerprint density at radius 2 is 2.10 bits per heavy atom. The molecule has 2 aromatic rings. The van der Waals surface area contributed by atoms with E-state index in [1.165, 1.54) is 11.8 Å². The van der Waals surface area contributed by atoms with Crippen LogP contribution in [0.25, 0.3) is 0 Å². The van der Waals surface area contributed by atoms with Crippen molar-refractivity contribution in [2.75, 3.05) is 0 Å². The van der Waals surface area contributed by atoms with Gasteiger partial charge in [0.15, 0.2) is 0 Å². The summed E-state index contributed by atoms with van der Waals surface area (Å²) in [7, 11) is 0. The zero-order chi connectivity index (χ0) is 15.6. The number of aromatic nitrogens is 1. The quantitative estimate of drug-likeness (QED) is 0.923. The van der Waals surface area contributed by atoms with Crippen molar-refractivity contribution in [3.63, 3.8) is 0 Å². The van der Waals surface area contributed by atoms with Gasteiger partial charge in [0.05, 0.1) is 16.1 Å². The molecule has 2 rings (SSSR count). The molecule has 6 heteroatoms. The van der Waals surface area contributed by atoms with Gasteiger partial charge in [-0.1, -0.05) is 23.4 Å². The van der Waals surface area contributed by atoms with Gasteiger partial charge in [-0.2, -0.15) is 5.26 Å². The van der Waals surface area contributed by atoms with E-state index >= 15 is 0 Å². The Morgan fingerprint density at radius 3 is 2.67 bits per heavy atom. The van der Waals surface area contributed by atoms with Gasteiger partial charge in [-0.25, -0.2) is 9.78 Å². The van der Waals surface area contributed by atoms with E-state index in [0.29, 0.717) is 21.2 Å². The van der Waals surface area contributed by atoms with Gasteiger partial charge in [0, 0.05) is 10.6 Å². The number of nitrogens with zero attached hydrogens (tertiary/aromatic N) is 2.